The molecule has 0 aliphatic carbocycles. The molecule has 9 heteroatoms. The molecule has 158 valence electrons. The highest BCUT2D eigenvalue weighted by Gasteiger charge is 2.38. The minimum atomic E-state index is -0.210. The Labute approximate surface area is 175 Å². The summed E-state index contributed by atoms with van der Waals surface area (Å²) in [4.78, 5) is 33.6. The number of pyridine rings is 1. The lowest BCUT2D eigenvalue weighted by atomic mass is 9.95. The second kappa shape index (κ2) is 8.14. The third kappa shape index (κ3) is 3.47. The smallest absolute Gasteiger partial charge is 0.255 e. The Morgan fingerprint density at radius 2 is 1.80 bits per heavy atom. The summed E-state index contributed by atoms with van der Waals surface area (Å²) in [5, 5.41) is 8.85. The van der Waals surface area contributed by atoms with Crippen LogP contribution in [0.15, 0.2) is 24.5 Å². The number of carbonyl (C=O) groups excluding carboxylic acids is 2. The van der Waals surface area contributed by atoms with Crippen LogP contribution in [0.25, 0.3) is 0 Å². The van der Waals surface area contributed by atoms with Crippen molar-refractivity contribution < 1.29 is 14.3 Å². The van der Waals surface area contributed by atoms with Crippen molar-refractivity contribution in [2.24, 2.45) is 0 Å². The van der Waals surface area contributed by atoms with Gasteiger partial charge in [0.2, 0.25) is 5.91 Å². The Balaban J connectivity index is 1.28. The maximum Gasteiger partial charge on any atom is 0.255 e. The molecule has 5 heterocycles. The molecule has 0 N–H and O–H groups in total. The van der Waals surface area contributed by atoms with Crippen molar-refractivity contribution in [2.75, 3.05) is 39.4 Å². The van der Waals surface area contributed by atoms with Crippen LogP contribution in [0.5, 0.6) is 0 Å². The van der Waals surface area contributed by atoms with Crippen LogP contribution in [0.2, 0.25) is 0 Å². The summed E-state index contributed by atoms with van der Waals surface area (Å²) in [6, 6.07) is 3.37. The van der Waals surface area contributed by atoms with E-state index >= 15 is 0 Å². The lowest BCUT2D eigenvalue weighted by Gasteiger charge is -2.33. The molecule has 30 heavy (non-hydrogen) atoms. The molecule has 2 amide bonds. The molecule has 0 saturated carbocycles. The Morgan fingerprint density at radius 1 is 1.00 bits per heavy atom. The van der Waals surface area contributed by atoms with Gasteiger partial charge in [0.25, 0.3) is 5.91 Å². The van der Waals surface area contributed by atoms with Gasteiger partial charge in [-0.25, -0.2) is 0 Å². The molecule has 3 aliphatic rings. The number of rotatable bonds is 3. The minimum absolute atomic E-state index is 0.0217. The fraction of sp³-hybridized carbons (Fsp3) is 0.571. The molecule has 0 bridgehead atoms. The zero-order valence-corrected chi connectivity index (χ0v) is 16.9. The first kappa shape index (κ1) is 19.2. The number of ether oxygens (including phenoxy) is 1. The number of aromatic nitrogens is 4. The highest BCUT2D eigenvalue weighted by molar-refractivity contribution is 5.93. The molecule has 2 aromatic heterocycles. The number of morpholine rings is 1. The Hall–Kier alpha value is -2.81. The average molecular weight is 410 g/mol. The van der Waals surface area contributed by atoms with Gasteiger partial charge in [0.1, 0.15) is 17.7 Å². The average Bonchev–Trinajstić information content (AvgIpc) is 3.42. The number of piperidine rings is 1. The second-order valence-corrected chi connectivity index (χ2v) is 8.14. The number of carbonyl (C=O) groups is 2. The number of amides is 2. The third-order valence-corrected chi connectivity index (χ3v) is 6.41. The molecule has 0 aromatic carbocycles. The van der Waals surface area contributed by atoms with Crippen molar-refractivity contribution in [1.29, 1.82) is 0 Å². The molecule has 1 unspecified atom stereocenters. The predicted octanol–water partition coefficient (Wildman–Crippen LogP) is 1.04. The van der Waals surface area contributed by atoms with Crippen LogP contribution in [-0.2, 0) is 16.0 Å². The van der Waals surface area contributed by atoms with Crippen LogP contribution in [0.3, 0.4) is 0 Å². The Kier molecular flexibility index (Phi) is 5.20. The van der Waals surface area contributed by atoms with Crippen molar-refractivity contribution >= 4 is 11.8 Å². The quantitative estimate of drug-likeness (QED) is 0.751. The van der Waals surface area contributed by atoms with E-state index in [-0.39, 0.29) is 23.8 Å². The highest BCUT2D eigenvalue weighted by Crippen LogP contribution is 2.35. The Bertz CT molecular complexity index is 916. The van der Waals surface area contributed by atoms with Crippen LogP contribution in [0, 0.1) is 0 Å². The van der Waals surface area contributed by atoms with Crippen molar-refractivity contribution in [3.8, 4) is 0 Å². The van der Waals surface area contributed by atoms with E-state index in [9.17, 15) is 9.59 Å². The van der Waals surface area contributed by atoms with Gasteiger partial charge in [-0.2, -0.15) is 0 Å². The largest absolute Gasteiger partial charge is 0.378 e. The number of hydrogen-bond donors (Lipinski definition) is 0. The molecule has 2 aromatic rings. The summed E-state index contributed by atoms with van der Waals surface area (Å²) >= 11 is 0. The summed E-state index contributed by atoms with van der Waals surface area (Å²) in [6.45, 7) is 3.84. The van der Waals surface area contributed by atoms with Gasteiger partial charge in [-0.15, -0.1) is 10.2 Å². The number of fused-ring (bicyclic) bond motifs is 1. The summed E-state index contributed by atoms with van der Waals surface area (Å²) in [7, 11) is 0. The SMILES string of the molecule is O=C(c1cccnc1)N1CCC(c2nnc3n2C(C(=O)N2CCOCC2)CC3)CC1. The molecular formula is C21H26N6O3. The van der Waals surface area contributed by atoms with Crippen LogP contribution in [0.1, 0.15) is 53.2 Å². The second-order valence-electron chi connectivity index (χ2n) is 8.14. The first-order valence-electron chi connectivity index (χ1n) is 10.7. The lowest BCUT2D eigenvalue weighted by molar-refractivity contribution is -0.138. The van der Waals surface area contributed by atoms with Crippen LogP contribution >= 0.6 is 0 Å². The standard InChI is InChI=1S/C21H26N6O3/c28-20(16-2-1-7-22-14-16)25-8-5-15(6-9-25)19-24-23-18-4-3-17(27(18)19)21(29)26-10-12-30-13-11-26/h1-2,7,14-15,17H,3-6,8-13H2. The lowest BCUT2D eigenvalue weighted by Crippen LogP contribution is -2.44. The maximum atomic E-state index is 13.1. The normalized spacial score (nSPS) is 22.2. The number of aryl methyl sites for hydroxylation is 1. The van der Waals surface area contributed by atoms with Crippen molar-refractivity contribution in [2.45, 2.75) is 37.6 Å². The fourth-order valence-corrected chi connectivity index (χ4v) is 4.76. The van der Waals surface area contributed by atoms with E-state index < -0.39 is 0 Å². The van der Waals surface area contributed by atoms with E-state index in [1.165, 1.54) is 0 Å². The third-order valence-electron chi connectivity index (χ3n) is 6.41. The van der Waals surface area contributed by atoms with Gasteiger partial charge in [0.05, 0.1) is 18.8 Å². The van der Waals surface area contributed by atoms with E-state index in [1.807, 2.05) is 9.80 Å². The molecule has 5 rings (SSSR count). The molecule has 2 saturated heterocycles. The van der Waals surface area contributed by atoms with Crippen LogP contribution in [0.4, 0.5) is 0 Å². The van der Waals surface area contributed by atoms with E-state index in [4.69, 9.17) is 4.74 Å². The molecule has 0 radical (unpaired) electrons. The van der Waals surface area contributed by atoms with E-state index in [1.54, 1.807) is 24.5 Å². The molecule has 2 fully saturated rings. The predicted molar refractivity (Wildman–Crippen MR) is 107 cm³/mol. The van der Waals surface area contributed by atoms with Crippen LogP contribution < -0.4 is 0 Å². The number of hydrogen-bond acceptors (Lipinski definition) is 6. The van der Waals surface area contributed by atoms with Gasteiger partial charge in [0.15, 0.2) is 0 Å². The number of likely N-dealkylation sites (tertiary alicyclic amines) is 1. The first-order valence-corrected chi connectivity index (χ1v) is 10.7. The zero-order valence-electron chi connectivity index (χ0n) is 16.9. The van der Waals surface area contributed by atoms with Crippen LogP contribution in [-0.4, -0.2) is 80.8 Å². The van der Waals surface area contributed by atoms with E-state index in [0.717, 1.165) is 37.3 Å². The van der Waals surface area contributed by atoms with E-state index in [0.29, 0.717) is 45.0 Å². The molecule has 1 atom stereocenters. The summed E-state index contributed by atoms with van der Waals surface area (Å²) < 4.78 is 7.47. The van der Waals surface area contributed by atoms with Crippen molar-refractivity contribution in [3.63, 3.8) is 0 Å². The number of nitrogens with zero attached hydrogens (tertiary/aromatic N) is 6. The zero-order chi connectivity index (χ0) is 20.5. The molecule has 0 spiro atoms. The van der Waals surface area contributed by atoms with Gasteiger partial charge in [-0.05, 0) is 31.4 Å². The topological polar surface area (TPSA) is 93.5 Å². The fourth-order valence-electron chi connectivity index (χ4n) is 4.76. The van der Waals surface area contributed by atoms with E-state index in [2.05, 4.69) is 19.7 Å². The minimum Gasteiger partial charge on any atom is -0.378 e. The van der Waals surface area contributed by atoms with Gasteiger partial charge < -0.3 is 19.1 Å². The maximum absolute atomic E-state index is 13.1. The first-order chi connectivity index (χ1) is 14.7. The van der Waals surface area contributed by atoms with Gasteiger partial charge in [0, 0.05) is 50.9 Å². The highest BCUT2D eigenvalue weighted by atomic mass is 16.5. The molecule has 9 nitrogen and oxygen atoms in total. The summed E-state index contributed by atoms with van der Waals surface area (Å²) in [5.74, 6) is 2.20. The van der Waals surface area contributed by atoms with Gasteiger partial charge >= 0.3 is 0 Å². The molecule has 3 aliphatic heterocycles. The van der Waals surface area contributed by atoms with Crippen molar-refractivity contribution in [1.82, 2.24) is 29.5 Å². The Morgan fingerprint density at radius 3 is 2.53 bits per heavy atom. The van der Waals surface area contributed by atoms with Gasteiger partial charge in [-0.3, -0.25) is 14.6 Å². The van der Waals surface area contributed by atoms with Gasteiger partial charge in [-0.1, -0.05) is 0 Å². The van der Waals surface area contributed by atoms with Crippen molar-refractivity contribution in [3.05, 3.63) is 41.7 Å². The summed E-state index contributed by atoms with van der Waals surface area (Å²) in [6.07, 6.45) is 6.49. The molecular weight excluding hydrogens is 384 g/mol. The monoisotopic (exact) mass is 410 g/mol. The summed E-state index contributed by atoms with van der Waals surface area (Å²) in [5.41, 5.74) is 0.621.